The van der Waals surface area contributed by atoms with Crippen LogP contribution in [-0.4, -0.2) is 35.9 Å². The van der Waals surface area contributed by atoms with E-state index in [2.05, 4.69) is 26.1 Å². The van der Waals surface area contributed by atoms with Gasteiger partial charge >= 0.3 is 0 Å². The zero-order valence-electron chi connectivity index (χ0n) is 18.1. The zero-order chi connectivity index (χ0) is 21.4. The second-order valence-electron chi connectivity index (χ2n) is 8.11. The Hall–Kier alpha value is -2.82. The summed E-state index contributed by atoms with van der Waals surface area (Å²) in [5.41, 5.74) is 1.91. The van der Waals surface area contributed by atoms with E-state index >= 15 is 0 Å². The second kappa shape index (κ2) is 10.1. The van der Waals surface area contributed by atoms with Gasteiger partial charge in [-0.1, -0.05) is 69.3 Å². The number of rotatable bonds is 8. The van der Waals surface area contributed by atoms with Crippen molar-refractivity contribution in [2.24, 2.45) is 0 Å². The fourth-order valence-corrected chi connectivity index (χ4v) is 3.12. The first-order valence-corrected chi connectivity index (χ1v) is 10.1. The Morgan fingerprint density at radius 3 is 2.28 bits per heavy atom. The van der Waals surface area contributed by atoms with Crippen molar-refractivity contribution in [3.8, 4) is 5.75 Å². The number of nitrogens with zero attached hydrogens (tertiary/aromatic N) is 1. The number of hydrogen-bond donors (Lipinski definition) is 1. The first-order valence-electron chi connectivity index (χ1n) is 10.1. The lowest BCUT2D eigenvalue weighted by atomic mass is 9.86. The quantitative estimate of drug-likeness (QED) is 0.736. The number of amides is 2. The first-order chi connectivity index (χ1) is 13.7. The Bertz CT molecular complexity index is 812. The molecule has 2 amide bonds. The van der Waals surface area contributed by atoms with E-state index in [-0.39, 0.29) is 23.8 Å². The van der Waals surface area contributed by atoms with E-state index in [0.717, 1.165) is 11.1 Å². The van der Waals surface area contributed by atoms with E-state index in [0.29, 0.717) is 18.8 Å². The van der Waals surface area contributed by atoms with Gasteiger partial charge in [-0.25, -0.2) is 0 Å². The number of nitrogens with one attached hydrogen (secondary N) is 1. The molecule has 0 heterocycles. The van der Waals surface area contributed by atoms with E-state index < -0.39 is 6.04 Å². The van der Waals surface area contributed by atoms with Crippen LogP contribution in [0.1, 0.15) is 45.7 Å². The molecule has 2 rings (SSSR count). The second-order valence-corrected chi connectivity index (χ2v) is 8.11. The molecule has 0 saturated carbocycles. The number of hydrogen-bond acceptors (Lipinski definition) is 3. The molecule has 1 atom stereocenters. The SMILES string of the molecule is CCNC(=O)[C@@H](C)N(Cc1ccccc1)C(=O)COc1ccccc1C(C)(C)C. The smallest absolute Gasteiger partial charge is 0.261 e. The van der Waals surface area contributed by atoms with Gasteiger partial charge in [0.1, 0.15) is 11.8 Å². The van der Waals surface area contributed by atoms with Gasteiger partial charge in [0.2, 0.25) is 5.91 Å². The van der Waals surface area contributed by atoms with Crippen molar-refractivity contribution in [3.05, 3.63) is 65.7 Å². The number of benzene rings is 2. The first kappa shape index (κ1) is 22.5. The van der Waals surface area contributed by atoms with Gasteiger partial charge in [0, 0.05) is 13.1 Å². The van der Waals surface area contributed by atoms with Crippen LogP contribution in [0.25, 0.3) is 0 Å². The van der Waals surface area contributed by atoms with Crippen LogP contribution in [0.15, 0.2) is 54.6 Å². The highest BCUT2D eigenvalue weighted by molar-refractivity contribution is 5.87. The topological polar surface area (TPSA) is 58.6 Å². The summed E-state index contributed by atoms with van der Waals surface area (Å²) < 4.78 is 5.91. The van der Waals surface area contributed by atoms with Crippen LogP contribution in [0.5, 0.6) is 5.75 Å². The average molecular weight is 397 g/mol. The maximum Gasteiger partial charge on any atom is 0.261 e. The van der Waals surface area contributed by atoms with Gasteiger partial charge in [0.05, 0.1) is 0 Å². The van der Waals surface area contributed by atoms with Gasteiger partial charge in [-0.3, -0.25) is 9.59 Å². The largest absolute Gasteiger partial charge is 0.483 e. The molecular weight excluding hydrogens is 364 g/mol. The normalized spacial score (nSPS) is 12.2. The van der Waals surface area contributed by atoms with E-state index in [4.69, 9.17) is 4.74 Å². The molecule has 0 bridgehead atoms. The average Bonchev–Trinajstić information content (AvgIpc) is 2.70. The molecule has 0 saturated heterocycles. The van der Waals surface area contributed by atoms with Crippen molar-refractivity contribution in [1.82, 2.24) is 10.2 Å². The molecule has 29 heavy (non-hydrogen) atoms. The molecule has 5 nitrogen and oxygen atoms in total. The highest BCUT2D eigenvalue weighted by Crippen LogP contribution is 2.31. The Morgan fingerprint density at radius 2 is 1.66 bits per heavy atom. The Morgan fingerprint density at radius 1 is 1.03 bits per heavy atom. The number of carbonyl (C=O) groups is 2. The summed E-state index contributed by atoms with van der Waals surface area (Å²) in [6.07, 6.45) is 0. The molecule has 0 unspecified atom stereocenters. The summed E-state index contributed by atoms with van der Waals surface area (Å²) in [6, 6.07) is 16.8. The molecule has 1 N–H and O–H groups in total. The molecule has 0 fully saturated rings. The third-order valence-electron chi connectivity index (χ3n) is 4.76. The molecule has 0 aliphatic carbocycles. The van der Waals surface area contributed by atoms with Gasteiger partial charge in [0.25, 0.3) is 5.91 Å². The van der Waals surface area contributed by atoms with Crippen LogP contribution in [0, 0.1) is 0 Å². The molecule has 2 aromatic carbocycles. The number of carbonyl (C=O) groups excluding carboxylic acids is 2. The third kappa shape index (κ3) is 6.34. The fraction of sp³-hybridized carbons (Fsp3) is 0.417. The monoisotopic (exact) mass is 396 g/mol. The number of ether oxygens (including phenoxy) is 1. The standard InChI is InChI=1S/C24H32N2O3/c1-6-25-23(28)18(2)26(16-19-12-8-7-9-13-19)22(27)17-29-21-15-11-10-14-20(21)24(3,4)5/h7-15,18H,6,16-17H2,1-5H3,(H,25,28)/t18-/m1/s1. The number of likely N-dealkylation sites (N-methyl/N-ethyl adjacent to an activating group) is 1. The predicted octanol–water partition coefficient (Wildman–Crippen LogP) is 3.92. The molecular formula is C24H32N2O3. The molecule has 0 spiro atoms. The lowest BCUT2D eigenvalue weighted by molar-refractivity contribution is -0.142. The highest BCUT2D eigenvalue weighted by atomic mass is 16.5. The Balaban J connectivity index is 2.18. The summed E-state index contributed by atoms with van der Waals surface area (Å²) in [7, 11) is 0. The lowest BCUT2D eigenvalue weighted by Crippen LogP contribution is -2.49. The van der Waals surface area contributed by atoms with Crippen molar-refractivity contribution >= 4 is 11.8 Å². The van der Waals surface area contributed by atoms with Crippen molar-refractivity contribution in [2.75, 3.05) is 13.2 Å². The zero-order valence-corrected chi connectivity index (χ0v) is 18.1. The molecule has 156 valence electrons. The molecule has 0 aromatic heterocycles. The van der Waals surface area contributed by atoms with Crippen LogP contribution in [0.3, 0.4) is 0 Å². The molecule has 2 aromatic rings. The van der Waals surface area contributed by atoms with Crippen LogP contribution >= 0.6 is 0 Å². The van der Waals surface area contributed by atoms with Gasteiger partial charge < -0.3 is 15.0 Å². The van der Waals surface area contributed by atoms with Gasteiger partial charge in [-0.05, 0) is 36.5 Å². The minimum atomic E-state index is -0.593. The van der Waals surface area contributed by atoms with Crippen molar-refractivity contribution in [1.29, 1.82) is 0 Å². The summed E-state index contributed by atoms with van der Waals surface area (Å²) in [6.45, 7) is 10.7. The summed E-state index contributed by atoms with van der Waals surface area (Å²) in [4.78, 5) is 27.0. The van der Waals surface area contributed by atoms with Crippen molar-refractivity contribution < 1.29 is 14.3 Å². The summed E-state index contributed by atoms with van der Waals surface area (Å²) in [5.74, 6) is 0.293. The maximum absolute atomic E-state index is 13.1. The van der Waals surface area contributed by atoms with Gasteiger partial charge in [-0.15, -0.1) is 0 Å². The lowest BCUT2D eigenvalue weighted by Gasteiger charge is -2.29. The fourth-order valence-electron chi connectivity index (χ4n) is 3.12. The Labute approximate surface area is 174 Å². The summed E-state index contributed by atoms with van der Waals surface area (Å²) in [5, 5.41) is 2.80. The van der Waals surface area contributed by atoms with E-state index in [1.165, 1.54) is 0 Å². The molecule has 0 aliphatic heterocycles. The van der Waals surface area contributed by atoms with E-state index in [1.54, 1.807) is 11.8 Å². The minimum absolute atomic E-state index is 0.0995. The summed E-state index contributed by atoms with van der Waals surface area (Å²) >= 11 is 0. The molecule has 0 aliphatic rings. The maximum atomic E-state index is 13.1. The van der Waals surface area contributed by atoms with Crippen LogP contribution in [0.2, 0.25) is 0 Å². The van der Waals surface area contributed by atoms with Crippen molar-refractivity contribution in [2.45, 2.75) is 52.6 Å². The van der Waals surface area contributed by atoms with Crippen molar-refractivity contribution in [3.63, 3.8) is 0 Å². The highest BCUT2D eigenvalue weighted by Gasteiger charge is 2.27. The Kier molecular flexibility index (Phi) is 7.82. The molecule has 5 heteroatoms. The number of para-hydroxylation sites is 1. The predicted molar refractivity (Wildman–Crippen MR) is 116 cm³/mol. The van der Waals surface area contributed by atoms with Crippen LogP contribution in [0.4, 0.5) is 0 Å². The molecule has 0 radical (unpaired) electrons. The van der Waals surface area contributed by atoms with E-state index in [9.17, 15) is 9.59 Å². The van der Waals surface area contributed by atoms with E-state index in [1.807, 2.05) is 61.5 Å². The van der Waals surface area contributed by atoms with Gasteiger partial charge in [0.15, 0.2) is 6.61 Å². The van der Waals surface area contributed by atoms with Gasteiger partial charge in [-0.2, -0.15) is 0 Å². The van der Waals surface area contributed by atoms with Crippen LogP contribution in [-0.2, 0) is 21.5 Å². The van der Waals surface area contributed by atoms with Crippen LogP contribution < -0.4 is 10.1 Å². The minimum Gasteiger partial charge on any atom is -0.483 e. The third-order valence-corrected chi connectivity index (χ3v) is 4.76.